The van der Waals surface area contributed by atoms with E-state index in [0.29, 0.717) is 41.9 Å². The first-order chi connectivity index (χ1) is 13.1. The van der Waals surface area contributed by atoms with Crippen molar-refractivity contribution in [2.45, 2.75) is 6.54 Å². The van der Waals surface area contributed by atoms with Crippen molar-refractivity contribution in [1.82, 2.24) is 15.3 Å². The number of nitrogens with two attached hydrogens (primary N) is 1. The summed E-state index contributed by atoms with van der Waals surface area (Å²) >= 11 is 6.19. The highest BCUT2D eigenvalue weighted by Gasteiger charge is 2.10. The van der Waals surface area contributed by atoms with Gasteiger partial charge in [0.15, 0.2) is 0 Å². The number of pyridine rings is 2. The lowest BCUT2D eigenvalue weighted by molar-refractivity contribution is 0.0950. The van der Waals surface area contributed by atoms with Crippen LogP contribution in [0.25, 0.3) is 10.8 Å². The van der Waals surface area contributed by atoms with Gasteiger partial charge in [0.05, 0.1) is 17.2 Å². The Morgan fingerprint density at radius 3 is 2.89 bits per heavy atom. The van der Waals surface area contributed by atoms with Crippen LogP contribution in [0.5, 0.6) is 0 Å². The number of rotatable bonds is 7. The van der Waals surface area contributed by atoms with E-state index in [1.54, 1.807) is 19.4 Å². The minimum absolute atomic E-state index is 0.248. The fraction of sp³-hybridized carbons (Fsp3) is 0.211. The van der Waals surface area contributed by atoms with Gasteiger partial charge in [-0.25, -0.2) is 9.97 Å². The molecule has 2 aromatic heterocycles. The third-order valence-electron chi connectivity index (χ3n) is 4.01. The van der Waals surface area contributed by atoms with E-state index in [2.05, 4.69) is 20.6 Å². The summed E-state index contributed by atoms with van der Waals surface area (Å²) in [6.45, 7) is 1.49. The number of hydrogen-bond donors (Lipinski definition) is 3. The number of nitrogens with one attached hydrogen (secondary N) is 2. The first kappa shape index (κ1) is 18.9. The molecule has 7 nitrogen and oxygen atoms in total. The highest BCUT2D eigenvalue weighted by atomic mass is 35.5. The molecule has 3 rings (SSSR count). The molecule has 140 valence electrons. The standard InChI is InChI=1S/C19H20ClN5O2/c1-27-7-6-23-18-16(20)9-14(11-24-18)19(26)25-10-12-2-3-15-13(8-12)4-5-22-17(15)21/h2-5,8-9,11H,6-7,10H2,1H3,(H2,21,22)(H,23,24)(H,25,26). The van der Waals surface area contributed by atoms with Crippen LogP contribution in [0.2, 0.25) is 5.02 Å². The number of carbonyl (C=O) groups is 1. The number of benzene rings is 1. The predicted octanol–water partition coefficient (Wildman–Crippen LogP) is 2.85. The van der Waals surface area contributed by atoms with Gasteiger partial charge in [0.1, 0.15) is 11.6 Å². The largest absolute Gasteiger partial charge is 0.383 e. The summed E-state index contributed by atoms with van der Waals surface area (Å²) < 4.78 is 4.96. The second-order valence-electron chi connectivity index (χ2n) is 5.91. The Morgan fingerprint density at radius 1 is 1.26 bits per heavy atom. The van der Waals surface area contributed by atoms with Gasteiger partial charge in [0, 0.05) is 38.0 Å². The Labute approximate surface area is 161 Å². The second kappa shape index (κ2) is 8.66. The molecule has 8 heteroatoms. The number of fused-ring (bicyclic) bond motifs is 1. The number of hydrogen-bond acceptors (Lipinski definition) is 6. The normalized spacial score (nSPS) is 10.7. The molecule has 0 spiro atoms. The van der Waals surface area contributed by atoms with Crippen LogP contribution in [0.3, 0.4) is 0 Å². The Bertz CT molecular complexity index is 964. The average molecular weight is 386 g/mol. The molecule has 0 aliphatic carbocycles. The molecular weight excluding hydrogens is 366 g/mol. The van der Waals surface area contributed by atoms with Gasteiger partial charge >= 0.3 is 0 Å². The van der Waals surface area contributed by atoms with E-state index in [1.165, 1.54) is 6.20 Å². The zero-order valence-electron chi connectivity index (χ0n) is 14.8. The molecule has 0 saturated carbocycles. The number of aromatic nitrogens is 2. The second-order valence-corrected chi connectivity index (χ2v) is 6.32. The first-order valence-electron chi connectivity index (χ1n) is 8.38. The molecule has 0 fully saturated rings. The summed E-state index contributed by atoms with van der Waals surface area (Å²) in [5.74, 6) is 0.760. The number of methoxy groups -OCH3 is 1. The van der Waals surface area contributed by atoms with Crippen molar-refractivity contribution in [3.05, 3.63) is 58.9 Å². The van der Waals surface area contributed by atoms with Gasteiger partial charge in [-0.05, 0) is 29.1 Å². The molecule has 2 heterocycles. The van der Waals surface area contributed by atoms with Gasteiger partial charge in [-0.1, -0.05) is 23.7 Å². The van der Waals surface area contributed by atoms with Crippen LogP contribution in [0, 0.1) is 0 Å². The molecule has 1 amide bonds. The van der Waals surface area contributed by atoms with Crippen molar-refractivity contribution >= 4 is 39.9 Å². The molecular formula is C19H20ClN5O2. The fourth-order valence-electron chi connectivity index (χ4n) is 2.61. The summed E-state index contributed by atoms with van der Waals surface area (Å²) in [6.07, 6.45) is 3.15. The number of ether oxygens (including phenoxy) is 1. The topological polar surface area (TPSA) is 102 Å². The Kier molecular flexibility index (Phi) is 6.05. The maximum absolute atomic E-state index is 12.4. The van der Waals surface area contributed by atoms with E-state index in [9.17, 15) is 4.79 Å². The third kappa shape index (κ3) is 4.64. The summed E-state index contributed by atoms with van der Waals surface area (Å²) in [6, 6.07) is 9.26. The van der Waals surface area contributed by atoms with Gasteiger partial charge in [-0.3, -0.25) is 4.79 Å². The van der Waals surface area contributed by atoms with E-state index in [4.69, 9.17) is 22.1 Å². The number of nitrogens with zero attached hydrogens (tertiary/aromatic N) is 2. The molecule has 0 radical (unpaired) electrons. The molecule has 0 aliphatic heterocycles. The summed E-state index contributed by atoms with van der Waals surface area (Å²) in [7, 11) is 1.62. The summed E-state index contributed by atoms with van der Waals surface area (Å²) in [5.41, 5.74) is 7.21. The molecule has 0 bridgehead atoms. The number of anilines is 2. The molecule has 27 heavy (non-hydrogen) atoms. The van der Waals surface area contributed by atoms with Gasteiger partial charge < -0.3 is 21.1 Å². The third-order valence-corrected chi connectivity index (χ3v) is 4.30. The minimum Gasteiger partial charge on any atom is -0.383 e. The number of halogens is 1. The molecule has 0 atom stereocenters. The Hall–Kier alpha value is -2.90. The van der Waals surface area contributed by atoms with Gasteiger partial charge in [-0.2, -0.15) is 0 Å². The SMILES string of the molecule is COCCNc1ncc(C(=O)NCc2ccc3c(N)nccc3c2)cc1Cl. The van der Waals surface area contributed by atoms with Crippen LogP contribution in [0.15, 0.2) is 42.7 Å². The highest BCUT2D eigenvalue weighted by Crippen LogP contribution is 2.21. The fourth-order valence-corrected chi connectivity index (χ4v) is 2.84. The van der Waals surface area contributed by atoms with E-state index in [-0.39, 0.29) is 5.91 Å². The van der Waals surface area contributed by atoms with Crippen molar-refractivity contribution in [2.75, 3.05) is 31.3 Å². The van der Waals surface area contributed by atoms with E-state index >= 15 is 0 Å². The molecule has 0 unspecified atom stereocenters. The van der Waals surface area contributed by atoms with Gasteiger partial charge in [0.25, 0.3) is 5.91 Å². The molecule has 3 aromatic rings. The zero-order valence-corrected chi connectivity index (χ0v) is 15.6. The quantitative estimate of drug-likeness (QED) is 0.540. The van der Waals surface area contributed by atoms with Crippen molar-refractivity contribution in [1.29, 1.82) is 0 Å². The van der Waals surface area contributed by atoms with Crippen molar-refractivity contribution in [2.24, 2.45) is 0 Å². The average Bonchev–Trinajstić information content (AvgIpc) is 2.67. The number of nitrogen functional groups attached to an aromatic ring is 1. The van der Waals surface area contributed by atoms with Crippen LogP contribution >= 0.6 is 11.6 Å². The van der Waals surface area contributed by atoms with Crippen molar-refractivity contribution in [3.8, 4) is 0 Å². The van der Waals surface area contributed by atoms with Crippen LogP contribution in [-0.2, 0) is 11.3 Å². The Balaban J connectivity index is 1.64. The lowest BCUT2D eigenvalue weighted by Crippen LogP contribution is -2.23. The highest BCUT2D eigenvalue weighted by molar-refractivity contribution is 6.33. The maximum Gasteiger partial charge on any atom is 0.253 e. The van der Waals surface area contributed by atoms with E-state index < -0.39 is 0 Å². The molecule has 4 N–H and O–H groups in total. The van der Waals surface area contributed by atoms with Crippen LogP contribution in [0.4, 0.5) is 11.6 Å². The maximum atomic E-state index is 12.4. The van der Waals surface area contributed by atoms with Crippen LogP contribution in [-0.4, -0.2) is 36.1 Å². The Morgan fingerprint density at radius 2 is 2.11 bits per heavy atom. The smallest absolute Gasteiger partial charge is 0.253 e. The van der Waals surface area contributed by atoms with Crippen molar-refractivity contribution in [3.63, 3.8) is 0 Å². The predicted molar refractivity (Wildman–Crippen MR) is 107 cm³/mol. The van der Waals surface area contributed by atoms with E-state index in [0.717, 1.165) is 16.3 Å². The first-order valence-corrected chi connectivity index (χ1v) is 8.76. The van der Waals surface area contributed by atoms with Gasteiger partial charge in [0.2, 0.25) is 0 Å². The molecule has 0 saturated heterocycles. The minimum atomic E-state index is -0.248. The van der Waals surface area contributed by atoms with Gasteiger partial charge in [-0.15, -0.1) is 0 Å². The monoisotopic (exact) mass is 385 g/mol. The lowest BCUT2D eigenvalue weighted by Gasteiger charge is -2.10. The van der Waals surface area contributed by atoms with Crippen LogP contribution in [0.1, 0.15) is 15.9 Å². The lowest BCUT2D eigenvalue weighted by atomic mass is 10.1. The number of carbonyl (C=O) groups excluding carboxylic acids is 1. The summed E-state index contributed by atoms with van der Waals surface area (Å²) in [4.78, 5) is 20.6. The summed E-state index contributed by atoms with van der Waals surface area (Å²) in [5, 5.41) is 8.16. The van der Waals surface area contributed by atoms with E-state index in [1.807, 2.05) is 24.3 Å². The molecule has 1 aromatic carbocycles. The molecule has 0 aliphatic rings. The zero-order chi connectivity index (χ0) is 19.2. The van der Waals surface area contributed by atoms with Crippen LogP contribution < -0.4 is 16.4 Å². The number of amides is 1. The van der Waals surface area contributed by atoms with Crippen molar-refractivity contribution < 1.29 is 9.53 Å².